The van der Waals surface area contributed by atoms with Gasteiger partial charge in [0.1, 0.15) is 11.4 Å². The van der Waals surface area contributed by atoms with E-state index in [0.717, 1.165) is 27.5 Å². The Kier molecular flexibility index (Phi) is 5.67. The number of nitrogens with one attached hydrogen (secondary N) is 1. The van der Waals surface area contributed by atoms with Crippen LogP contribution in [0.15, 0.2) is 87.9 Å². The van der Waals surface area contributed by atoms with Crippen molar-refractivity contribution in [2.24, 2.45) is 10.2 Å². The highest BCUT2D eigenvalue weighted by Crippen LogP contribution is 2.36. The van der Waals surface area contributed by atoms with Gasteiger partial charge in [0, 0.05) is 5.39 Å². The molecule has 4 aromatic rings. The number of sulfonamides is 1. The summed E-state index contributed by atoms with van der Waals surface area (Å²) in [5, 5.41) is 20.3. The number of anilines is 1. The number of benzene rings is 4. The molecule has 0 saturated heterocycles. The Labute approximate surface area is 187 Å². The van der Waals surface area contributed by atoms with Crippen molar-refractivity contribution in [1.82, 2.24) is 0 Å². The number of phenols is 1. The van der Waals surface area contributed by atoms with Crippen LogP contribution in [-0.4, -0.2) is 13.5 Å². The zero-order valence-electron chi connectivity index (χ0n) is 18.0. The second kappa shape index (κ2) is 8.43. The smallest absolute Gasteiger partial charge is 0.261 e. The Morgan fingerprint density at radius 3 is 2.16 bits per heavy atom. The number of hydrogen-bond donors (Lipinski definition) is 2. The van der Waals surface area contributed by atoms with Crippen LogP contribution in [0.2, 0.25) is 0 Å². The van der Waals surface area contributed by atoms with Gasteiger partial charge in [0.15, 0.2) is 0 Å². The summed E-state index contributed by atoms with van der Waals surface area (Å²) in [7, 11) is -3.75. The Hall–Kier alpha value is -3.71. The van der Waals surface area contributed by atoms with E-state index < -0.39 is 10.0 Å². The second-order valence-corrected chi connectivity index (χ2v) is 9.41. The molecule has 0 saturated carbocycles. The molecule has 0 aliphatic rings. The van der Waals surface area contributed by atoms with Gasteiger partial charge in [0.25, 0.3) is 10.0 Å². The van der Waals surface area contributed by atoms with Crippen LogP contribution in [0.4, 0.5) is 17.1 Å². The van der Waals surface area contributed by atoms with Gasteiger partial charge < -0.3 is 5.11 Å². The minimum atomic E-state index is -3.75. The van der Waals surface area contributed by atoms with Crippen molar-refractivity contribution in [2.75, 3.05) is 4.72 Å². The van der Waals surface area contributed by atoms with Crippen LogP contribution in [0.1, 0.15) is 16.7 Å². The average molecular weight is 446 g/mol. The molecule has 0 radical (unpaired) electrons. The van der Waals surface area contributed by atoms with E-state index in [1.165, 1.54) is 12.1 Å². The molecule has 4 aromatic carbocycles. The van der Waals surface area contributed by atoms with Gasteiger partial charge in [-0.3, -0.25) is 4.72 Å². The summed E-state index contributed by atoms with van der Waals surface area (Å²) in [6.45, 7) is 5.73. The van der Waals surface area contributed by atoms with E-state index in [4.69, 9.17) is 0 Å². The highest BCUT2D eigenvalue weighted by molar-refractivity contribution is 7.92. The minimum absolute atomic E-state index is 0.0275. The topological polar surface area (TPSA) is 91.1 Å². The van der Waals surface area contributed by atoms with Gasteiger partial charge in [-0.1, -0.05) is 48.0 Å². The van der Waals surface area contributed by atoms with Crippen molar-refractivity contribution in [3.05, 3.63) is 89.5 Å². The summed E-state index contributed by atoms with van der Waals surface area (Å²) in [5.74, 6) is 0.0275. The van der Waals surface area contributed by atoms with Crippen LogP contribution in [-0.2, 0) is 10.0 Å². The molecule has 0 atom stereocenters. The molecule has 0 bridgehead atoms. The zero-order valence-corrected chi connectivity index (χ0v) is 18.8. The molecule has 6 nitrogen and oxygen atoms in total. The molecule has 7 heteroatoms. The van der Waals surface area contributed by atoms with Gasteiger partial charge >= 0.3 is 0 Å². The number of hydrogen-bond acceptors (Lipinski definition) is 5. The van der Waals surface area contributed by atoms with Crippen molar-refractivity contribution >= 4 is 37.9 Å². The molecule has 0 fully saturated rings. The fraction of sp³-hybridized carbons (Fsp3) is 0.120. The van der Waals surface area contributed by atoms with Crippen molar-refractivity contribution in [1.29, 1.82) is 0 Å². The highest BCUT2D eigenvalue weighted by Gasteiger charge is 2.17. The Balaban J connectivity index is 1.59. The number of aromatic hydroxyl groups is 1. The van der Waals surface area contributed by atoms with E-state index in [1.54, 1.807) is 18.2 Å². The number of aryl methyl sites for hydroxylation is 3. The first-order valence-corrected chi connectivity index (χ1v) is 11.6. The fourth-order valence-corrected chi connectivity index (χ4v) is 4.89. The standard InChI is InChI=1S/C25H23N3O3S/c1-16-14-17(2)24(18(3)15-16)28-32(30,31)21-11-9-20(10-12-21)26-27-25-22-7-5-4-6-19(22)8-13-23(25)29/h4-15,28-29H,1-3H3. The van der Waals surface area contributed by atoms with Crippen LogP contribution >= 0.6 is 0 Å². The van der Waals surface area contributed by atoms with Gasteiger partial charge in [0.05, 0.1) is 16.3 Å². The highest BCUT2D eigenvalue weighted by atomic mass is 32.2. The Morgan fingerprint density at radius 1 is 0.812 bits per heavy atom. The lowest BCUT2D eigenvalue weighted by Crippen LogP contribution is -2.14. The van der Waals surface area contributed by atoms with Gasteiger partial charge in [-0.15, -0.1) is 5.11 Å². The lowest BCUT2D eigenvalue weighted by molar-refractivity contribution is 0.477. The predicted molar refractivity (Wildman–Crippen MR) is 128 cm³/mol. The van der Waals surface area contributed by atoms with Crippen molar-refractivity contribution in [3.8, 4) is 5.75 Å². The normalized spacial score (nSPS) is 11.8. The molecule has 32 heavy (non-hydrogen) atoms. The largest absolute Gasteiger partial charge is 0.506 e. The summed E-state index contributed by atoms with van der Waals surface area (Å²) in [5.41, 5.74) is 4.24. The van der Waals surface area contributed by atoms with E-state index in [0.29, 0.717) is 17.1 Å². The summed E-state index contributed by atoms with van der Waals surface area (Å²) in [6.07, 6.45) is 0. The van der Waals surface area contributed by atoms with Crippen LogP contribution in [0.25, 0.3) is 10.8 Å². The van der Waals surface area contributed by atoms with Crippen molar-refractivity contribution in [2.45, 2.75) is 25.7 Å². The zero-order chi connectivity index (χ0) is 22.9. The van der Waals surface area contributed by atoms with Crippen LogP contribution in [0.5, 0.6) is 5.75 Å². The second-order valence-electron chi connectivity index (χ2n) is 7.73. The van der Waals surface area contributed by atoms with Gasteiger partial charge in [-0.05, 0) is 67.6 Å². The molecule has 0 unspecified atom stereocenters. The molecule has 162 valence electrons. The summed E-state index contributed by atoms with van der Waals surface area (Å²) < 4.78 is 28.4. The van der Waals surface area contributed by atoms with Gasteiger partial charge in [-0.25, -0.2) is 8.42 Å². The van der Waals surface area contributed by atoms with Crippen LogP contribution in [0, 0.1) is 20.8 Å². The maximum absolute atomic E-state index is 12.9. The number of fused-ring (bicyclic) bond motifs is 1. The molecule has 0 spiro atoms. The predicted octanol–water partition coefficient (Wildman–Crippen LogP) is 6.69. The third-order valence-electron chi connectivity index (χ3n) is 5.21. The maximum atomic E-state index is 12.9. The van der Waals surface area contributed by atoms with E-state index in [9.17, 15) is 13.5 Å². The number of phenolic OH excluding ortho intramolecular Hbond substituents is 1. The monoisotopic (exact) mass is 445 g/mol. The molecular formula is C25H23N3O3S. The molecule has 4 rings (SSSR count). The third-order valence-corrected chi connectivity index (χ3v) is 6.57. The van der Waals surface area contributed by atoms with E-state index >= 15 is 0 Å². The first kappa shape index (κ1) is 21.5. The molecule has 0 amide bonds. The van der Waals surface area contributed by atoms with Crippen molar-refractivity contribution < 1.29 is 13.5 Å². The Morgan fingerprint density at radius 2 is 1.47 bits per heavy atom. The van der Waals surface area contributed by atoms with Crippen molar-refractivity contribution in [3.63, 3.8) is 0 Å². The molecule has 0 heterocycles. The number of azo groups is 1. The summed E-state index contributed by atoms with van der Waals surface area (Å²) >= 11 is 0. The lowest BCUT2D eigenvalue weighted by atomic mass is 10.1. The lowest BCUT2D eigenvalue weighted by Gasteiger charge is -2.14. The molecule has 0 aliphatic heterocycles. The van der Waals surface area contributed by atoms with Crippen LogP contribution < -0.4 is 4.72 Å². The number of nitrogens with zero attached hydrogens (tertiary/aromatic N) is 2. The van der Waals surface area contributed by atoms with Gasteiger partial charge in [-0.2, -0.15) is 5.11 Å². The average Bonchev–Trinajstić information content (AvgIpc) is 2.76. The molecule has 2 N–H and O–H groups in total. The maximum Gasteiger partial charge on any atom is 0.261 e. The Bertz CT molecular complexity index is 1420. The van der Waals surface area contributed by atoms with E-state index in [-0.39, 0.29) is 10.6 Å². The first-order valence-electron chi connectivity index (χ1n) is 10.1. The number of rotatable bonds is 5. The summed E-state index contributed by atoms with van der Waals surface area (Å²) in [4.78, 5) is 0.129. The SMILES string of the molecule is Cc1cc(C)c(NS(=O)(=O)c2ccc(N=Nc3c(O)ccc4ccccc34)cc2)c(C)c1. The summed E-state index contributed by atoms with van der Waals surface area (Å²) in [6, 6.07) is 21.0. The van der Waals surface area contributed by atoms with Gasteiger partial charge in [0.2, 0.25) is 0 Å². The van der Waals surface area contributed by atoms with E-state index in [2.05, 4.69) is 15.0 Å². The van der Waals surface area contributed by atoms with E-state index in [1.807, 2.05) is 63.2 Å². The first-order chi connectivity index (χ1) is 15.2. The molecule has 0 aliphatic carbocycles. The quantitative estimate of drug-likeness (QED) is 0.335. The molecular weight excluding hydrogens is 422 g/mol. The molecule has 0 aromatic heterocycles. The minimum Gasteiger partial charge on any atom is -0.506 e. The fourth-order valence-electron chi connectivity index (χ4n) is 3.68. The third kappa shape index (κ3) is 4.33. The van der Waals surface area contributed by atoms with Crippen LogP contribution in [0.3, 0.4) is 0 Å².